The maximum atomic E-state index is 13.2. The van der Waals surface area contributed by atoms with Crippen LogP contribution in [0.25, 0.3) is 0 Å². The number of methoxy groups -OCH3 is 2. The third kappa shape index (κ3) is 3.89. The molecule has 0 aliphatic carbocycles. The fourth-order valence-electron chi connectivity index (χ4n) is 3.14. The molecule has 2 aromatic rings. The quantitative estimate of drug-likeness (QED) is 0.245. The second-order valence-corrected chi connectivity index (χ2v) is 8.94. The first-order valence-electron chi connectivity index (χ1n) is 8.47. The lowest BCUT2D eigenvalue weighted by atomic mass is 10.1. The van der Waals surface area contributed by atoms with Crippen molar-refractivity contribution in [2.24, 2.45) is 0 Å². The van der Waals surface area contributed by atoms with Gasteiger partial charge in [0.05, 0.1) is 14.2 Å². The van der Waals surface area contributed by atoms with Crippen molar-refractivity contribution in [2.75, 3.05) is 19.1 Å². The molecule has 0 spiro atoms. The first-order valence-corrected chi connectivity index (χ1v) is 9.69. The lowest BCUT2D eigenvalue weighted by Crippen LogP contribution is -2.48. The van der Waals surface area contributed by atoms with E-state index in [0.717, 1.165) is 16.0 Å². The minimum absolute atomic E-state index is 0.373. The molecule has 0 bridgehead atoms. The molecule has 7 heteroatoms. The molecular weight excluding hydrogens is 380 g/mol. The maximum Gasteiger partial charge on any atom is 0.258 e. The van der Waals surface area contributed by atoms with Crippen LogP contribution in [-0.2, 0) is 0 Å². The van der Waals surface area contributed by atoms with Gasteiger partial charge in [-0.25, -0.2) is 0 Å². The zero-order valence-corrected chi connectivity index (χ0v) is 17.3. The Bertz CT molecular complexity index is 869. The summed E-state index contributed by atoms with van der Waals surface area (Å²) in [5, 5.41) is 13.2. The number of rotatable bonds is 5. The Morgan fingerprint density at radius 1 is 1.11 bits per heavy atom. The Kier molecular flexibility index (Phi) is 5.62. The van der Waals surface area contributed by atoms with E-state index in [1.54, 1.807) is 32.6 Å². The summed E-state index contributed by atoms with van der Waals surface area (Å²) in [7, 11) is 3.15. The first-order chi connectivity index (χ1) is 12.9. The van der Waals surface area contributed by atoms with Crippen LogP contribution in [-0.4, -0.2) is 40.4 Å². The van der Waals surface area contributed by atoms with E-state index in [9.17, 15) is 5.21 Å². The van der Waals surface area contributed by atoms with Crippen molar-refractivity contribution in [2.45, 2.75) is 24.8 Å². The van der Waals surface area contributed by atoms with E-state index in [0.29, 0.717) is 15.8 Å². The van der Waals surface area contributed by atoms with Crippen LogP contribution >= 0.6 is 24.0 Å². The van der Waals surface area contributed by atoms with Crippen LogP contribution in [0.3, 0.4) is 0 Å². The smallest absolute Gasteiger partial charge is 0.258 e. The van der Waals surface area contributed by atoms with Crippen LogP contribution < -0.4 is 14.4 Å². The molecule has 1 aliphatic rings. The maximum absolute atomic E-state index is 13.2. The molecule has 1 aliphatic heterocycles. The standard InChI is InChI=1S/C20H22N2O3S2/c1-20(2)18(22(19(26)27-20)15-8-6-5-7-9-15)21(23)13-14-10-11-16(24-3)17(12-14)25-4/h5-13,18H,1-4H3/t18-/m1/s1. The topological polar surface area (TPSA) is 47.8 Å². The molecule has 142 valence electrons. The zero-order chi connectivity index (χ0) is 19.6. The molecule has 3 rings (SSSR count). The van der Waals surface area contributed by atoms with Gasteiger partial charge in [-0.1, -0.05) is 42.2 Å². The van der Waals surface area contributed by atoms with E-state index in [-0.39, 0.29) is 4.75 Å². The normalized spacial score (nSPS) is 19.3. The van der Waals surface area contributed by atoms with Gasteiger partial charge >= 0.3 is 0 Å². The van der Waals surface area contributed by atoms with Crippen molar-refractivity contribution in [1.29, 1.82) is 0 Å². The summed E-state index contributed by atoms with van der Waals surface area (Å²) in [4.78, 5) is 1.92. The lowest BCUT2D eigenvalue weighted by molar-refractivity contribution is -0.497. The summed E-state index contributed by atoms with van der Waals surface area (Å²) in [5.41, 5.74) is 1.64. The van der Waals surface area contributed by atoms with Crippen molar-refractivity contribution in [1.82, 2.24) is 0 Å². The number of hydroxylamine groups is 1. The SMILES string of the molecule is COc1ccc(C=[N+]([O-])[C@@H]2N(c3ccccc3)C(=S)SC2(C)C)cc1OC. The van der Waals surface area contributed by atoms with Crippen molar-refractivity contribution in [3.8, 4) is 11.5 Å². The van der Waals surface area contributed by atoms with E-state index in [2.05, 4.69) is 0 Å². The molecule has 27 heavy (non-hydrogen) atoms. The molecule has 0 amide bonds. The number of benzene rings is 2. The molecule has 0 unspecified atom stereocenters. The molecule has 0 aromatic heterocycles. The van der Waals surface area contributed by atoms with E-state index in [1.807, 2.05) is 55.1 Å². The van der Waals surface area contributed by atoms with E-state index >= 15 is 0 Å². The molecule has 0 N–H and O–H groups in total. The molecule has 2 aromatic carbocycles. The summed E-state index contributed by atoms with van der Waals surface area (Å²) >= 11 is 7.12. The lowest BCUT2D eigenvalue weighted by Gasteiger charge is -2.29. The number of nitrogens with zero attached hydrogens (tertiary/aromatic N) is 2. The largest absolute Gasteiger partial charge is 0.622 e. The second-order valence-electron chi connectivity index (χ2n) is 6.65. The van der Waals surface area contributed by atoms with Gasteiger partial charge in [0.1, 0.15) is 9.07 Å². The number of para-hydroxylation sites is 1. The van der Waals surface area contributed by atoms with Crippen molar-refractivity contribution < 1.29 is 14.2 Å². The van der Waals surface area contributed by atoms with Gasteiger partial charge in [0.15, 0.2) is 17.7 Å². The minimum atomic E-state index is -0.467. The molecule has 5 nitrogen and oxygen atoms in total. The van der Waals surface area contributed by atoms with Gasteiger partial charge in [0.2, 0.25) is 0 Å². The highest BCUT2D eigenvalue weighted by atomic mass is 32.2. The molecule has 1 heterocycles. The van der Waals surface area contributed by atoms with Gasteiger partial charge in [-0.15, -0.1) is 0 Å². The van der Waals surface area contributed by atoms with E-state index in [4.69, 9.17) is 21.7 Å². The predicted molar refractivity (Wildman–Crippen MR) is 115 cm³/mol. The van der Waals surface area contributed by atoms with Gasteiger partial charge in [-0.05, 0) is 44.2 Å². The van der Waals surface area contributed by atoms with Crippen LogP contribution in [0.5, 0.6) is 11.5 Å². The van der Waals surface area contributed by atoms with Gasteiger partial charge < -0.3 is 14.7 Å². The summed E-state index contributed by atoms with van der Waals surface area (Å²) in [6.07, 6.45) is 1.10. The highest BCUT2D eigenvalue weighted by Gasteiger charge is 2.51. The van der Waals surface area contributed by atoms with Gasteiger partial charge in [0.25, 0.3) is 6.17 Å². The highest BCUT2D eigenvalue weighted by molar-refractivity contribution is 8.24. The Morgan fingerprint density at radius 3 is 2.41 bits per heavy atom. The third-order valence-electron chi connectivity index (χ3n) is 4.37. The van der Waals surface area contributed by atoms with E-state index < -0.39 is 6.17 Å². The van der Waals surface area contributed by atoms with Crippen molar-refractivity contribution in [3.63, 3.8) is 0 Å². The Morgan fingerprint density at radius 2 is 1.78 bits per heavy atom. The molecule has 1 atom stereocenters. The highest BCUT2D eigenvalue weighted by Crippen LogP contribution is 2.43. The molecule has 1 fully saturated rings. The van der Waals surface area contributed by atoms with Crippen molar-refractivity contribution in [3.05, 3.63) is 59.3 Å². The van der Waals surface area contributed by atoms with Crippen LogP contribution in [0.1, 0.15) is 19.4 Å². The Balaban J connectivity index is 2.01. The van der Waals surface area contributed by atoms with Gasteiger partial charge in [-0.2, -0.15) is 4.74 Å². The summed E-state index contributed by atoms with van der Waals surface area (Å²) in [5.74, 6) is 1.20. The fraction of sp³-hybridized carbons (Fsp3) is 0.300. The van der Waals surface area contributed by atoms with Gasteiger partial charge in [-0.3, -0.25) is 4.90 Å². The van der Waals surface area contributed by atoms with Crippen LogP contribution in [0, 0.1) is 5.21 Å². The number of anilines is 1. The van der Waals surface area contributed by atoms with Crippen LogP contribution in [0.2, 0.25) is 0 Å². The number of hydrogen-bond donors (Lipinski definition) is 0. The summed E-state index contributed by atoms with van der Waals surface area (Å²) in [6, 6.07) is 15.2. The fourth-order valence-corrected chi connectivity index (χ4v) is 5.06. The zero-order valence-electron chi connectivity index (χ0n) is 15.7. The summed E-state index contributed by atoms with van der Waals surface area (Å²) in [6.45, 7) is 4.07. The monoisotopic (exact) mass is 402 g/mol. The summed E-state index contributed by atoms with van der Waals surface area (Å²) < 4.78 is 11.9. The molecule has 1 saturated heterocycles. The predicted octanol–water partition coefficient (Wildman–Crippen LogP) is 4.28. The minimum Gasteiger partial charge on any atom is -0.622 e. The average molecular weight is 403 g/mol. The molecule has 0 radical (unpaired) electrons. The average Bonchev–Trinajstić information content (AvgIpc) is 2.90. The first kappa shape index (κ1) is 19.5. The van der Waals surface area contributed by atoms with Gasteiger partial charge in [0, 0.05) is 11.3 Å². The Hall–Kier alpha value is -2.25. The Labute approximate surface area is 169 Å². The van der Waals surface area contributed by atoms with E-state index in [1.165, 1.54) is 11.8 Å². The van der Waals surface area contributed by atoms with Crippen LogP contribution in [0.15, 0.2) is 48.5 Å². The third-order valence-corrected chi connectivity index (χ3v) is 5.93. The number of ether oxygens (including phenoxy) is 2. The molecule has 0 saturated carbocycles. The molecular formula is C20H22N2O3S2. The second kappa shape index (κ2) is 7.78. The number of thioether (sulfide) groups is 1. The van der Waals surface area contributed by atoms with Crippen LogP contribution in [0.4, 0.5) is 5.69 Å². The van der Waals surface area contributed by atoms with Crippen molar-refractivity contribution >= 4 is 40.2 Å². The number of hydrogen-bond acceptors (Lipinski definition) is 5. The number of thiocarbonyl (C=S) groups is 1.